The Labute approximate surface area is 149 Å². The van der Waals surface area contributed by atoms with Crippen LogP contribution in [0.3, 0.4) is 0 Å². The molecule has 1 aliphatic heterocycles. The van der Waals surface area contributed by atoms with Crippen molar-refractivity contribution in [2.75, 3.05) is 32.8 Å². The first-order valence-electron chi connectivity index (χ1n) is 8.97. The van der Waals surface area contributed by atoms with Gasteiger partial charge in [-0.2, -0.15) is 0 Å². The maximum Gasteiger partial charge on any atom is 0.123 e. The zero-order valence-corrected chi connectivity index (χ0v) is 14.7. The summed E-state index contributed by atoms with van der Waals surface area (Å²) in [5.41, 5.74) is 0.814. The number of hydrogen-bond acceptors (Lipinski definition) is 3. The Hall–Kier alpha value is -1.75. The molecule has 1 heterocycles. The Morgan fingerprint density at radius 3 is 2.32 bits per heavy atom. The predicted molar refractivity (Wildman–Crippen MR) is 97.0 cm³/mol. The summed E-state index contributed by atoms with van der Waals surface area (Å²) in [6.07, 6.45) is 0.558. The normalized spacial score (nSPS) is 19.3. The van der Waals surface area contributed by atoms with Crippen molar-refractivity contribution in [1.29, 1.82) is 0 Å². The van der Waals surface area contributed by atoms with E-state index in [2.05, 4.69) is 17.0 Å². The molecule has 0 amide bonds. The SMILES string of the molecule is CC[C@@](O)(c1ccc(F)cc1)[C@H](CN1CCOCC1)c1ccccc1. The lowest BCUT2D eigenvalue weighted by Crippen LogP contribution is -2.44. The lowest BCUT2D eigenvalue weighted by molar-refractivity contribution is -0.0250. The Kier molecular flexibility index (Phi) is 5.84. The van der Waals surface area contributed by atoms with Crippen LogP contribution in [0.15, 0.2) is 54.6 Å². The molecule has 1 aliphatic rings. The first-order valence-corrected chi connectivity index (χ1v) is 8.97. The summed E-state index contributed by atoms with van der Waals surface area (Å²) >= 11 is 0. The largest absolute Gasteiger partial charge is 0.384 e. The van der Waals surface area contributed by atoms with Crippen LogP contribution in [0.4, 0.5) is 4.39 Å². The highest BCUT2D eigenvalue weighted by atomic mass is 19.1. The van der Waals surface area contributed by atoms with Gasteiger partial charge in [0.2, 0.25) is 0 Å². The van der Waals surface area contributed by atoms with Gasteiger partial charge in [0.25, 0.3) is 0 Å². The van der Waals surface area contributed by atoms with E-state index in [1.807, 2.05) is 25.1 Å². The van der Waals surface area contributed by atoms with Crippen molar-refractivity contribution in [3.8, 4) is 0 Å². The fraction of sp³-hybridized carbons (Fsp3) is 0.429. The van der Waals surface area contributed by atoms with E-state index in [4.69, 9.17) is 4.74 Å². The van der Waals surface area contributed by atoms with Crippen LogP contribution < -0.4 is 0 Å². The van der Waals surface area contributed by atoms with Crippen molar-refractivity contribution in [3.05, 3.63) is 71.5 Å². The third-order valence-electron chi connectivity index (χ3n) is 5.21. The summed E-state index contributed by atoms with van der Waals surface area (Å²) in [4.78, 5) is 2.34. The van der Waals surface area contributed by atoms with Crippen molar-refractivity contribution < 1.29 is 14.2 Å². The quantitative estimate of drug-likeness (QED) is 0.871. The number of halogens is 1. The van der Waals surface area contributed by atoms with Gasteiger partial charge in [-0.3, -0.25) is 4.90 Å². The zero-order valence-electron chi connectivity index (χ0n) is 14.7. The molecule has 25 heavy (non-hydrogen) atoms. The van der Waals surface area contributed by atoms with Crippen LogP contribution in [0, 0.1) is 5.82 Å². The molecule has 3 nitrogen and oxygen atoms in total. The molecule has 0 saturated carbocycles. The summed E-state index contributed by atoms with van der Waals surface area (Å²) in [5.74, 6) is -0.381. The molecular weight excluding hydrogens is 317 g/mol. The van der Waals surface area contributed by atoms with Crippen molar-refractivity contribution in [3.63, 3.8) is 0 Å². The van der Waals surface area contributed by atoms with Gasteiger partial charge in [0, 0.05) is 25.6 Å². The van der Waals surface area contributed by atoms with Gasteiger partial charge in [-0.05, 0) is 29.7 Å². The Morgan fingerprint density at radius 1 is 1.08 bits per heavy atom. The van der Waals surface area contributed by atoms with Crippen molar-refractivity contribution in [2.24, 2.45) is 0 Å². The molecule has 1 N–H and O–H groups in total. The van der Waals surface area contributed by atoms with Crippen LogP contribution in [0.1, 0.15) is 30.4 Å². The summed E-state index contributed by atoms with van der Waals surface area (Å²) in [5, 5.41) is 11.6. The number of morpholine rings is 1. The van der Waals surface area contributed by atoms with Crippen LogP contribution in [0.5, 0.6) is 0 Å². The number of benzene rings is 2. The molecule has 0 aromatic heterocycles. The van der Waals surface area contributed by atoms with Crippen LogP contribution in [0.25, 0.3) is 0 Å². The minimum Gasteiger partial charge on any atom is -0.384 e. The highest BCUT2D eigenvalue weighted by molar-refractivity contribution is 5.32. The van der Waals surface area contributed by atoms with Gasteiger partial charge in [0.1, 0.15) is 5.82 Å². The van der Waals surface area contributed by atoms with E-state index < -0.39 is 5.60 Å². The van der Waals surface area contributed by atoms with Crippen molar-refractivity contribution in [2.45, 2.75) is 24.9 Å². The maximum absolute atomic E-state index is 13.4. The van der Waals surface area contributed by atoms with E-state index >= 15 is 0 Å². The van der Waals surface area contributed by atoms with Crippen LogP contribution in [-0.2, 0) is 10.3 Å². The lowest BCUT2D eigenvalue weighted by atomic mass is 9.75. The van der Waals surface area contributed by atoms with Gasteiger partial charge in [-0.25, -0.2) is 4.39 Å². The average molecular weight is 343 g/mol. The van der Waals surface area contributed by atoms with Crippen LogP contribution >= 0.6 is 0 Å². The Bertz CT molecular complexity index is 655. The third-order valence-corrected chi connectivity index (χ3v) is 5.21. The summed E-state index contributed by atoms with van der Waals surface area (Å²) in [6, 6.07) is 16.4. The van der Waals surface area contributed by atoms with Gasteiger partial charge in [-0.15, -0.1) is 0 Å². The second-order valence-corrected chi connectivity index (χ2v) is 6.66. The van der Waals surface area contributed by atoms with Gasteiger partial charge < -0.3 is 9.84 Å². The smallest absolute Gasteiger partial charge is 0.123 e. The number of ether oxygens (including phenoxy) is 1. The second kappa shape index (κ2) is 8.09. The summed E-state index contributed by atoms with van der Waals surface area (Å²) in [6.45, 7) is 5.91. The zero-order chi connectivity index (χ0) is 17.7. The molecule has 4 heteroatoms. The van der Waals surface area contributed by atoms with Gasteiger partial charge in [0.05, 0.1) is 18.8 Å². The molecule has 1 saturated heterocycles. The molecule has 0 radical (unpaired) electrons. The topological polar surface area (TPSA) is 32.7 Å². The lowest BCUT2D eigenvalue weighted by Gasteiger charge is -2.40. The van der Waals surface area contributed by atoms with E-state index in [1.54, 1.807) is 12.1 Å². The number of hydrogen-bond donors (Lipinski definition) is 1. The highest BCUT2D eigenvalue weighted by Gasteiger charge is 2.39. The first kappa shape index (κ1) is 18.1. The van der Waals surface area contributed by atoms with Crippen molar-refractivity contribution in [1.82, 2.24) is 4.90 Å². The second-order valence-electron chi connectivity index (χ2n) is 6.66. The summed E-state index contributed by atoms with van der Waals surface area (Å²) < 4.78 is 18.8. The Balaban J connectivity index is 1.96. The molecule has 0 unspecified atom stereocenters. The molecule has 0 aliphatic carbocycles. The van der Waals surface area contributed by atoms with Crippen LogP contribution in [-0.4, -0.2) is 42.9 Å². The predicted octanol–water partition coefficient (Wildman–Crippen LogP) is 3.54. The molecule has 134 valence electrons. The van der Waals surface area contributed by atoms with Gasteiger partial charge in [-0.1, -0.05) is 49.4 Å². The standard InChI is InChI=1S/C21H26FNO2/c1-2-21(24,18-8-10-19(22)11-9-18)20(17-6-4-3-5-7-17)16-23-12-14-25-15-13-23/h3-11,20,24H,2,12-16H2,1H3/t20-,21-/m1/s1. The molecular formula is C21H26FNO2. The molecule has 1 fully saturated rings. The molecule has 2 aromatic carbocycles. The number of rotatable bonds is 6. The minimum absolute atomic E-state index is 0.0951. The Morgan fingerprint density at radius 2 is 1.72 bits per heavy atom. The van der Waals surface area contributed by atoms with E-state index in [0.717, 1.165) is 44.0 Å². The molecule has 0 bridgehead atoms. The number of nitrogens with zero attached hydrogens (tertiary/aromatic N) is 1. The van der Waals surface area contributed by atoms with Crippen molar-refractivity contribution >= 4 is 0 Å². The summed E-state index contributed by atoms with van der Waals surface area (Å²) in [7, 11) is 0. The van der Waals surface area contributed by atoms with E-state index in [-0.39, 0.29) is 11.7 Å². The first-order chi connectivity index (χ1) is 12.1. The fourth-order valence-electron chi connectivity index (χ4n) is 3.65. The maximum atomic E-state index is 13.4. The molecule has 3 rings (SSSR count). The fourth-order valence-corrected chi connectivity index (χ4v) is 3.65. The monoisotopic (exact) mass is 343 g/mol. The van der Waals surface area contributed by atoms with Gasteiger partial charge >= 0.3 is 0 Å². The van der Waals surface area contributed by atoms with E-state index in [9.17, 15) is 9.50 Å². The van der Waals surface area contributed by atoms with Gasteiger partial charge in [0.15, 0.2) is 0 Å². The molecule has 0 spiro atoms. The minimum atomic E-state index is -1.05. The third kappa shape index (κ3) is 4.09. The van der Waals surface area contributed by atoms with E-state index in [0.29, 0.717) is 6.42 Å². The highest BCUT2D eigenvalue weighted by Crippen LogP contribution is 2.40. The average Bonchev–Trinajstić information content (AvgIpc) is 2.67. The molecule has 2 atom stereocenters. The molecule has 2 aromatic rings. The van der Waals surface area contributed by atoms with Crippen LogP contribution in [0.2, 0.25) is 0 Å². The van der Waals surface area contributed by atoms with E-state index in [1.165, 1.54) is 12.1 Å². The number of aliphatic hydroxyl groups is 1.